The van der Waals surface area contributed by atoms with Gasteiger partial charge >= 0.3 is 0 Å². The summed E-state index contributed by atoms with van der Waals surface area (Å²) < 4.78 is 2.84. The number of fused-ring (bicyclic) bond motifs is 7. The molecule has 0 aliphatic heterocycles. The van der Waals surface area contributed by atoms with Crippen LogP contribution in [0.4, 0.5) is 5.69 Å². The van der Waals surface area contributed by atoms with Crippen molar-refractivity contribution in [1.82, 2.24) is 24.6 Å². The Morgan fingerprint density at radius 1 is 1.11 bits per heavy atom. The zero-order valence-corrected chi connectivity index (χ0v) is 23.2. The number of aryl methyl sites for hydroxylation is 1. The van der Waals surface area contributed by atoms with Gasteiger partial charge in [-0.05, 0) is 80.3 Å². The monoisotopic (exact) mass is 544 g/mol. The number of hydrogen-bond donors (Lipinski definition) is 1. The number of ketones is 1. The summed E-state index contributed by atoms with van der Waals surface area (Å²) in [5, 5.41) is 13.5. The van der Waals surface area contributed by atoms with Crippen LogP contribution in [0.2, 0.25) is 0 Å². The van der Waals surface area contributed by atoms with Crippen molar-refractivity contribution in [3.05, 3.63) is 53.0 Å². The fourth-order valence-corrected chi connectivity index (χ4v) is 7.00. The van der Waals surface area contributed by atoms with Crippen molar-refractivity contribution < 1.29 is 9.59 Å². The summed E-state index contributed by atoms with van der Waals surface area (Å²) >= 11 is 2.95. The Hall–Kier alpha value is -3.37. The largest absolute Gasteiger partial charge is 0.325 e. The molecule has 4 heterocycles. The maximum Gasteiger partial charge on any atom is 0.234 e. The first-order chi connectivity index (χ1) is 18.4. The SMILES string of the molecule is CC(=O)c1ccc(NC(=O)CSc2nnc3c4sc5nc(CC(C)C)c6c(c5c4ncn23)CCCC6)cc1. The fraction of sp³-hybridized carbons (Fsp3) is 0.357. The van der Waals surface area contributed by atoms with E-state index in [4.69, 9.17) is 9.97 Å². The van der Waals surface area contributed by atoms with Crippen molar-refractivity contribution in [3.63, 3.8) is 0 Å². The predicted molar refractivity (Wildman–Crippen MR) is 152 cm³/mol. The van der Waals surface area contributed by atoms with Crippen LogP contribution >= 0.6 is 23.1 Å². The Bertz CT molecular complexity index is 1700. The van der Waals surface area contributed by atoms with Crippen LogP contribution in [0.1, 0.15) is 60.8 Å². The van der Waals surface area contributed by atoms with Gasteiger partial charge in [-0.15, -0.1) is 21.5 Å². The Morgan fingerprint density at radius 2 is 1.87 bits per heavy atom. The first kappa shape index (κ1) is 24.9. The highest BCUT2D eigenvalue weighted by molar-refractivity contribution is 7.99. The Balaban J connectivity index is 1.29. The number of rotatable bonds is 7. The van der Waals surface area contributed by atoms with Crippen LogP contribution in [0.25, 0.3) is 26.1 Å². The molecular formula is C28H28N6O2S2. The summed E-state index contributed by atoms with van der Waals surface area (Å²) in [7, 11) is 0. The number of carbonyl (C=O) groups is 2. The van der Waals surface area contributed by atoms with Gasteiger partial charge in [0.2, 0.25) is 5.91 Å². The van der Waals surface area contributed by atoms with Crippen LogP contribution in [0.15, 0.2) is 35.7 Å². The average molecular weight is 545 g/mol. The molecule has 1 amide bonds. The lowest BCUT2D eigenvalue weighted by Crippen LogP contribution is -2.14. The molecule has 0 unspecified atom stereocenters. The van der Waals surface area contributed by atoms with Gasteiger partial charge in [0, 0.05) is 22.3 Å². The first-order valence-electron chi connectivity index (χ1n) is 12.9. The zero-order valence-electron chi connectivity index (χ0n) is 21.6. The molecular weight excluding hydrogens is 516 g/mol. The van der Waals surface area contributed by atoms with Crippen LogP contribution in [0.3, 0.4) is 0 Å². The lowest BCUT2D eigenvalue weighted by molar-refractivity contribution is -0.113. The molecule has 0 radical (unpaired) electrons. The summed E-state index contributed by atoms with van der Waals surface area (Å²) in [5.74, 6) is 0.558. The molecule has 1 N–H and O–H groups in total. The molecule has 0 bridgehead atoms. The summed E-state index contributed by atoms with van der Waals surface area (Å²) in [6, 6.07) is 6.87. The summed E-state index contributed by atoms with van der Waals surface area (Å²) in [5.41, 5.74) is 7.04. The number of anilines is 1. The molecule has 0 saturated heterocycles. The lowest BCUT2D eigenvalue weighted by atomic mass is 9.87. The van der Waals surface area contributed by atoms with Gasteiger partial charge in [-0.1, -0.05) is 25.6 Å². The van der Waals surface area contributed by atoms with Gasteiger partial charge < -0.3 is 5.32 Å². The number of thioether (sulfide) groups is 1. The van der Waals surface area contributed by atoms with Crippen molar-refractivity contribution >= 4 is 66.6 Å². The number of thiophene rings is 1. The molecule has 5 aromatic rings. The Morgan fingerprint density at radius 3 is 2.61 bits per heavy atom. The van der Waals surface area contributed by atoms with Gasteiger partial charge in [-0.2, -0.15) is 0 Å². The quantitative estimate of drug-likeness (QED) is 0.201. The van der Waals surface area contributed by atoms with Crippen LogP contribution in [0.5, 0.6) is 0 Å². The number of nitrogens with one attached hydrogen (secondary N) is 1. The van der Waals surface area contributed by atoms with E-state index in [0.29, 0.717) is 22.3 Å². The topological polar surface area (TPSA) is 102 Å². The van der Waals surface area contributed by atoms with E-state index in [9.17, 15) is 9.59 Å². The van der Waals surface area contributed by atoms with E-state index in [-0.39, 0.29) is 17.4 Å². The molecule has 1 aromatic carbocycles. The number of nitrogens with zero attached hydrogens (tertiary/aromatic N) is 5. The Kier molecular flexibility index (Phi) is 6.61. The van der Waals surface area contributed by atoms with Crippen molar-refractivity contribution in [2.75, 3.05) is 11.1 Å². The number of pyridine rings is 1. The van der Waals surface area contributed by atoms with Crippen molar-refractivity contribution in [2.45, 2.75) is 58.0 Å². The lowest BCUT2D eigenvalue weighted by Gasteiger charge is -2.20. The minimum Gasteiger partial charge on any atom is -0.325 e. The van der Waals surface area contributed by atoms with Crippen LogP contribution in [-0.4, -0.2) is 42.0 Å². The molecule has 6 rings (SSSR count). The second-order valence-corrected chi connectivity index (χ2v) is 12.1. The van der Waals surface area contributed by atoms with Crippen LogP contribution in [0, 0.1) is 5.92 Å². The summed E-state index contributed by atoms with van der Waals surface area (Å²) in [6.45, 7) is 6.01. The highest BCUT2D eigenvalue weighted by Gasteiger charge is 2.24. The molecule has 0 spiro atoms. The number of Topliss-reactive ketones (excluding diaryl/α,β-unsaturated/α-hetero) is 1. The number of aromatic nitrogens is 5. The van der Waals surface area contributed by atoms with Crippen LogP contribution in [-0.2, 0) is 24.1 Å². The van der Waals surface area contributed by atoms with E-state index in [0.717, 1.165) is 40.0 Å². The standard InChI is InChI=1S/C28H28N6O2S2/c1-15(2)12-21-19-6-4-5-7-20(19)23-24-25(38-27(23)31-21)26-32-33-28(34(26)14-29-24)37-13-22(36)30-18-10-8-17(9-11-18)16(3)35/h8-11,14-15H,4-7,12-13H2,1-3H3,(H,30,36). The van der Waals surface area contributed by atoms with Gasteiger partial charge in [-0.25, -0.2) is 9.97 Å². The molecule has 38 heavy (non-hydrogen) atoms. The maximum absolute atomic E-state index is 12.6. The average Bonchev–Trinajstić information content (AvgIpc) is 3.48. The smallest absolute Gasteiger partial charge is 0.234 e. The molecule has 194 valence electrons. The van der Waals surface area contributed by atoms with E-state index < -0.39 is 0 Å². The van der Waals surface area contributed by atoms with Gasteiger partial charge in [0.25, 0.3) is 0 Å². The molecule has 8 nitrogen and oxygen atoms in total. The number of amides is 1. The molecule has 0 fully saturated rings. The highest BCUT2D eigenvalue weighted by Crippen LogP contribution is 2.40. The van der Waals surface area contributed by atoms with E-state index >= 15 is 0 Å². The van der Waals surface area contributed by atoms with Crippen molar-refractivity contribution in [1.29, 1.82) is 0 Å². The van der Waals surface area contributed by atoms with Crippen molar-refractivity contribution in [3.8, 4) is 0 Å². The fourth-order valence-electron chi connectivity index (χ4n) is 5.15. The second-order valence-electron chi connectivity index (χ2n) is 10.2. The third kappa shape index (κ3) is 4.56. The van der Waals surface area contributed by atoms with E-state index in [1.165, 1.54) is 53.7 Å². The van der Waals surface area contributed by atoms with Gasteiger partial charge in [-0.3, -0.25) is 14.0 Å². The highest BCUT2D eigenvalue weighted by atomic mass is 32.2. The summed E-state index contributed by atoms with van der Waals surface area (Å²) in [6.07, 6.45) is 7.33. The second kappa shape index (κ2) is 10.1. The van der Waals surface area contributed by atoms with Gasteiger partial charge in [0.1, 0.15) is 15.9 Å². The molecule has 1 aliphatic rings. The molecule has 10 heteroatoms. The van der Waals surface area contributed by atoms with Crippen LogP contribution < -0.4 is 5.32 Å². The minimum absolute atomic E-state index is 0.00913. The van der Waals surface area contributed by atoms with E-state index in [2.05, 4.69) is 29.4 Å². The predicted octanol–water partition coefficient (Wildman–Crippen LogP) is 5.90. The molecule has 1 aliphatic carbocycles. The van der Waals surface area contributed by atoms with E-state index in [1.54, 1.807) is 41.9 Å². The van der Waals surface area contributed by atoms with Gasteiger partial charge in [0.05, 0.1) is 11.3 Å². The molecule has 4 aromatic heterocycles. The first-order valence-corrected chi connectivity index (χ1v) is 14.7. The third-order valence-corrected chi connectivity index (χ3v) is 8.91. The summed E-state index contributed by atoms with van der Waals surface area (Å²) in [4.78, 5) is 35.0. The molecule has 0 saturated carbocycles. The normalized spacial score (nSPS) is 13.5. The number of benzene rings is 1. The minimum atomic E-state index is -0.160. The van der Waals surface area contributed by atoms with E-state index in [1.807, 2.05) is 4.40 Å². The van der Waals surface area contributed by atoms with Gasteiger partial charge in [0.15, 0.2) is 16.6 Å². The number of carbonyl (C=O) groups excluding carboxylic acids is 2. The maximum atomic E-state index is 12.6. The third-order valence-electron chi connectivity index (χ3n) is 6.90. The molecule has 0 atom stereocenters. The Labute approximate surface area is 228 Å². The van der Waals surface area contributed by atoms with Crippen molar-refractivity contribution in [2.24, 2.45) is 5.92 Å². The zero-order chi connectivity index (χ0) is 26.4. The number of hydrogen-bond acceptors (Lipinski definition) is 8.